The van der Waals surface area contributed by atoms with Gasteiger partial charge in [0.15, 0.2) is 18.2 Å². The number of nitrogens with one attached hydrogen (secondary N) is 2. The maximum Gasteiger partial charge on any atom is 0.412 e. The zero-order chi connectivity index (χ0) is 51.6. The lowest BCUT2D eigenvalue weighted by molar-refractivity contribution is -0.261. The van der Waals surface area contributed by atoms with Crippen molar-refractivity contribution < 1.29 is 43.2 Å². The highest BCUT2D eigenvalue weighted by atomic mass is 16.7. The predicted octanol–water partition coefficient (Wildman–Crippen LogP) is 4.00. The molecule has 4 aromatic rings. The molecule has 71 heavy (non-hydrogen) atoms. The third kappa shape index (κ3) is 12.2. The van der Waals surface area contributed by atoms with E-state index in [4.69, 9.17) is 35.2 Å². The third-order valence-corrected chi connectivity index (χ3v) is 13.7. The summed E-state index contributed by atoms with van der Waals surface area (Å²) in [7, 11) is 1.53. The SMILES string of the molecule is CCO[C@@H](O[C@@H]1[C@@H](C)C(=O)[C@@H](C)C(=O)O[C@H](CC)[C@@]2(n3ccc(N)nc3=O)OC(=O)N(CCCCn3cc(-c4cccc(N)c4)nn3)[C@@H]2[C@@H](C)NC[C@H](C)C[C@@]1(C)OC)C(O)C(CC)Nc1cnccn1. The second kappa shape index (κ2) is 23.9. The van der Waals surface area contributed by atoms with Gasteiger partial charge in [0.05, 0.1) is 30.1 Å². The van der Waals surface area contributed by atoms with Crippen LogP contribution in [-0.2, 0) is 45.5 Å². The van der Waals surface area contributed by atoms with Gasteiger partial charge in [-0.15, -0.1) is 5.10 Å². The Hall–Kier alpha value is -6.07. The van der Waals surface area contributed by atoms with Crippen LogP contribution in [0.2, 0.25) is 0 Å². The minimum absolute atomic E-state index is 0.0457. The van der Waals surface area contributed by atoms with Gasteiger partial charge in [-0.05, 0) is 90.5 Å². The standard InChI is InChI=1S/C49H72N12O10/c1-10-35(55-39-27-52-19-20-53-39)41(63)45(68-12-3)70-43-30(5)40(62)31(6)44(64)69-37(11-2)49(61-23-18-38(51)56-46(61)65)42(32(7)54-26-29(4)25-48(43,8)67-9)60(47(66)71-49)22-14-13-21-59-28-36(57-58-59)33-16-15-17-34(50)24-33/h15-20,23-24,27-32,35,37,41-43,45,54,63H,10-14,21-22,25-26,50H2,1-9H3,(H,53,55)(H2,51,56,65)/t29-,30+,31-,32-,35?,37-,41?,42-,43-,45+,48-,49-/m1/s1. The Morgan fingerprint density at radius 1 is 1.04 bits per heavy atom. The zero-order valence-corrected chi connectivity index (χ0v) is 42.3. The molecule has 2 saturated heterocycles. The molecular weight excluding hydrogens is 917 g/mol. The molecule has 22 nitrogen and oxygen atoms in total. The monoisotopic (exact) mass is 989 g/mol. The lowest BCUT2D eigenvalue weighted by atomic mass is 9.78. The molecule has 12 atom stereocenters. The quantitative estimate of drug-likeness (QED) is 0.0310. The van der Waals surface area contributed by atoms with Gasteiger partial charge in [0.2, 0.25) is 0 Å². The fourth-order valence-corrected chi connectivity index (χ4v) is 9.97. The summed E-state index contributed by atoms with van der Waals surface area (Å²) in [5.74, 6) is -3.73. The zero-order valence-electron chi connectivity index (χ0n) is 42.3. The van der Waals surface area contributed by atoms with Gasteiger partial charge >= 0.3 is 17.8 Å². The van der Waals surface area contributed by atoms with Crippen LogP contribution in [-0.4, -0.2) is 137 Å². The van der Waals surface area contributed by atoms with Crippen LogP contribution in [0.3, 0.4) is 0 Å². The summed E-state index contributed by atoms with van der Waals surface area (Å²) in [6.45, 7) is 15.3. The molecule has 0 saturated carbocycles. The first-order valence-corrected chi connectivity index (χ1v) is 24.5. The smallest absolute Gasteiger partial charge is 0.412 e. The number of ketones is 1. The number of unbranched alkanes of at least 4 members (excludes halogenated alkanes) is 1. The third-order valence-electron chi connectivity index (χ3n) is 13.7. The predicted molar refractivity (Wildman–Crippen MR) is 263 cm³/mol. The molecule has 1 amide bonds. The number of nitrogens with zero attached hydrogens (tertiary/aromatic N) is 8. The van der Waals surface area contributed by atoms with Gasteiger partial charge in [0, 0.05) is 68.6 Å². The number of esters is 1. The van der Waals surface area contributed by atoms with E-state index in [1.54, 1.807) is 42.6 Å². The molecule has 2 unspecified atom stereocenters. The molecule has 22 heteroatoms. The largest absolute Gasteiger partial charge is 0.455 e. The molecule has 3 aromatic heterocycles. The summed E-state index contributed by atoms with van der Waals surface area (Å²) in [4.78, 5) is 71.9. The van der Waals surface area contributed by atoms with E-state index in [0.717, 1.165) is 5.56 Å². The van der Waals surface area contributed by atoms with E-state index in [1.807, 2.05) is 52.1 Å². The molecule has 2 aliphatic rings. The Kier molecular flexibility index (Phi) is 18.3. The van der Waals surface area contributed by atoms with Crippen molar-refractivity contribution >= 4 is 35.2 Å². The number of aliphatic hydroxyl groups excluding tert-OH is 1. The van der Waals surface area contributed by atoms with Crippen molar-refractivity contribution in [2.45, 2.75) is 148 Å². The number of aliphatic hydroxyl groups is 1. The number of carbonyl (C=O) groups excluding carboxylic acids is 3. The van der Waals surface area contributed by atoms with Crippen LogP contribution in [0.15, 0.2) is 66.1 Å². The first-order valence-electron chi connectivity index (χ1n) is 24.5. The topological polar surface area (TPSA) is 288 Å². The van der Waals surface area contributed by atoms with E-state index in [-0.39, 0.29) is 31.3 Å². The van der Waals surface area contributed by atoms with Gasteiger partial charge in [-0.2, -0.15) is 4.98 Å². The van der Waals surface area contributed by atoms with Gasteiger partial charge in [-0.1, -0.05) is 45.0 Å². The van der Waals surface area contributed by atoms with E-state index < -0.39 is 89.4 Å². The number of nitrogens with two attached hydrogens (primary N) is 2. The fourth-order valence-electron chi connectivity index (χ4n) is 9.97. The van der Waals surface area contributed by atoms with Crippen LogP contribution in [0.5, 0.6) is 0 Å². The number of Topliss-reactive ketones (excluding diaryl/α,β-unsaturated/α-hetero) is 1. The van der Waals surface area contributed by atoms with E-state index in [0.29, 0.717) is 56.0 Å². The number of aromatic nitrogens is 7. The number of methoxy groups -OCH3 is 1. The van der Waals surface area contributed by atoms with Crippen molar-refractivity contribution in [2.75, 3.05) is 43.6 Å². The highest BCUT2D eigenvalue weighted by Gasteiger charge is 2.63. The number of nitrogen functional groups attached to an aromatic ring is 2. The van der Waals surface area contributed by atoms with Crippen molar-refractivity contribution in [3.63, 3.8) is 0 Å². The Morgan fingerprint density at radius 2 is 1.80 bits per heavy atom. The Labute approximate surface area is 414 Å². The van der Waals surface area contributed by atoms with E-state index >= 15 is 0 Å². The number of aryl methyl sites for hydroxylation is 1. The molecular formula is C49H72N12O10. The van der Waals surface area contributed by atoms with Gasteiger partial charge in [-0.25, -0.2) is 14.6 Å². The van der Waals surface area contributed by atoms with Crippen LogP contribution in [0.25, 0.3) is 11.3 Å². The second-order valence-electron chi connectivity index (χ2n) is 18.9. The summed E-state index contributed by atoms with van der Waals surface area (Å²) in [5, 5.41) is 27.4. The molecule has 2 fully saturated rings. The average molecular weight is 989 g/mol. The Balaban J connectivity index is 1.34. The van der Waals surface area contributed by atoms with Crippen molar-refractivity contribution in [3.8, 4) is 11.3 Å². The maximum atomic E-state index is 14.8. The van der Waals surface area contributed by atoms with Crippen LogP contribution in [0.1, 0.15) is 87.5 Å². The number of ether oxygens (including phenoxy) is 5. The van der Waals surface area contributed by atoms with Crippen LogP contribution in [0, 0.1) is 17.8 Å². The molecule has 0 aliphatic carbocycles. The first-order chi connectivity index (χ1) is 33.9. The Morgan fingerprint density at radius 3 is 2.46 bits per heavy atom. The molecule has 6 rings (SSSR count). The van der Waals surface area contributed by atoms with Crippen molar-refractivity contribution in [2.24, 2.45) is 17.8 Å². The lowest BCUT2D eigenvalue weighted by Gasteiger charge is -2.44. The molecule has 0 spiro atoms. The van der Waals surface area contributed by atoms with Crippen LogP contribution in [0.4, 0.5) is 22.1 Å². The summed E-state index contributed by atoms with van der Waals surface area (Å²) < 4.78 is 34.8. The molecule has 388 valence electrons. The highest BCUT2D eigenvalue weighted by Crippen LogP contribution is 2.43. The number of cyclic esters (lactones) is 1. The second-order valence-corrected chi connectivity index (χ2v) is 18.9. The van der Waals surface area contributed by atoms with Gasteiger partial charge in [-0.3, -0.25) is 28.7 Å². The van der Waals surface area contributed by atoms with Crippen LogP contribution < -0.4 is 27.8 Å². The van der Waals surface area contributed by atoms with E-state index in [2.05, 4.69) is 35.9 Å². The summed E-state index contributed by atoms with van der Waals surface area (Å²) in [6.07, 6.45) is 4.01. The fraction of sp³-hybridized carbons (Fsp3) is 0.612. The number of anilines is 3. The number of fused-ring (bicyclic) bond motifs is 1. The minimum Gasteiger partial charge on any atom is -0.455 e. The highest BCUT2D eigenvalue weighted by molar-refractivity contribution is 6.00. The van der Waals surface area contributed by atoms with Gasteiger partial charge in [0.25, 0.3) is 5.72 Å². The number of hydrogen-bond acceptors (Lipinski definition) is 19. The van der Waals surface area contributed by atoms with Crippen molar-refractivity contribution in [1.29, 1.82) is 0 Å². The summed E-state index contributed by atoms with van der Waals surface area (Å²) in [5.41, 5.74) is 10.1. The lowest BCUT2D eigenvalue weighted by Crippen LogP contribution is -2.65. The molecule has 0 radical (unpaired) electrons. The Bertz CT molecular complexity index is 2460. The normalized spacial score (nSPS) is 27.9. The maximum absolute atomic E-state index is 14.8. The average Bonchev–Trinajstić information content (AvgIpc) is 3.95. The molecule has 7 N–H and O–H groups in total. The van der Waals surface area contributed by atoms with Crippen molar-refractivity contribution in [3.05, 3.63) is 71.8 Å². The van der Waals surface area contributed by atoms with Crippen molar-refractivity contribution in [1.82, 2.24) is 44.7 Å². The summed E-state index contributed by atoms with van der Waals surface area (Å²) in [6, 6.07) is 6.55. The number of amides is 1. The summed E-state index contributed by atoms with van der Waals surface area (Å²) >= 11 is 0. The number of benzene rings is 1. The van der Waals surface area contributed by atoms with Gasteiger partial charge < -0.3 is 50.9 Å². The van der Waals surface area contributed by atoms with Gasteiger partial charge in [0.1, 0.15) is 35.4 Å². The molecule has 0 bridgehead atoms. The number of rotatable bonds is 18. The number of hydrogen-bond donors (Lipinski definition) is 5. The van der Waals surface area contributed by atoms with Crippen LogP contribution >= 0.6 is 0 Å². The molecule has 1 aromatic carbocycles. The molecule has 2 aliphatic heterocycles. The number of carbonyl (C=O) groups is 3. The molecule has 5 heterocycles. The van der Waals surface area contributed by atoms with E-state index in [9.17, 15) is 24.3 Å². The minimum atomic E-state index is -2.00. The van der Waals surface area contributed by atoms with E-state index in [1.165, 1.54) is 43.3 Å². The first kappa shape index (κ1) is 54.3.